The van der Waals surface area contributed by atoms with Crippen LogP contribution in [0.1, 0.15) is 27.4 Å². The summed E-state index contributed by atoms with van der Waals surface area (Å²) in [5.74, 6) is 2.14. The van der Waals surface area contributed by atoms with E-state index in [1.54, 1.807) is 11.8 Å². The van der Waals surface area contributed by atoms with E-state index in [9.17, 15) is 4.79 Å². The number of aryl methyl sites for hydroxylation is 1. The van der Waals surface area contributed by atoms with Crippen molar-refractivity contribution in [2.45, 2.75) is 19.9 Å². The fourth-order valence-electron chi connectivity index (χ4n) is 3.98. The second-order valence-corrected chi connectivity index (χ2v) is 7.68. The summed E-state index contributed by atoms with van der Waals surface area (Å²) >= 11 is 0. The number of amides is 1. The molecule has 0 atom stereocenters. The minimum absolute atomic E-state index is 0.0488. The standard InChI is InChI=1S/C25H23N3O3/c1-17-7-12-24(31-17)22-15-23(28(26-22)20-8-10-21(30-2)11-9-20)25(29)27-14-13-18-5-3-4-6-19(18)16-27/h3-12,15H,13-14,16H2,1-2H3. The molecule has 0 saturated carbocycles. The highest BCUT2D eigenvalue weighted by Gasteiger charge is 2.26. The van der Waals surface area contributed by atoms with Crippen molar-refractivity contribution in [1.29, 1.82) is 0 Å². The Morgan fingerprint density at radius 3 is 2.52 bits per heavy atom. The van der Waals surface area contributed by atoms with Crippen LogP contribution in [0.3, 0.4) is 0 Å². The predicted octanol–water partition coefficient (Wildman–Crippen LogP) is 4.65. The lowest BCUT2D eigenvalue weighted by molar-refractivity contribution is 0.0725. The van der Waals surface area contributed by atoms with Gasteiger partial charge >= 0.3 is 0 Å². The Bertz CT molecular complexity index is 1240. The molecule has 6 heteroatoms. The van der Waals surface area contributed by atoms with E-state index in [-0.39, 0.29) is 5.91 Å². The fourth-order valence-corrected chi connectivity index (χ4v) is 3.98. The maximum atomic E-state index is 13.6. The number of benzene rings is 2. The summed E-state index contributed by atoms with van der Waals surface area (Å²) in [4.78, 5) is 15.5. The van der Waals surface area contributed by atoms with Crippen LogP contribution in [0.4, 0.5) is 0 Å². The number of furan rings is 1. The van der Waals surface area contributed by atoms with Crippen molar-refractivity contribution >= 4 is 5.91 Å². The fraction of sp³-hybridized carbons (Fsp3) is 0.200. The van der Waals surface area contributed by atoms with Crippen molar-refractivity contribution in [1.82, 2.24) is 14.7 Å². The van der Waals surface area contributed by atoms with Gasteiger partial charge in [0.2, 0.25) is 0 Å². The zero-order valence-electron chi connectivity index (χ0n) is 17.5. The first-order valence-corrected chi connectivity index (χ1v) is 10.3. The van der Waals surface area contributed by atoms with Crippen molar-refractivity contribution in [3.8, 4) is 22.9 Å². The normalized spacial score (nSPS) is 13.2. The van der Waals surface area contributed by atoms with E-state index < -0.39 is 0 Å². The van der Waals surface area contributed by atoms with Gasteiger partial charge in [0, 0.05) is 19.2 Å². The van der Waals surface area contributed by atoms with E-state index in [4.69, 9.17) is 14.3 Å². The van der Waals surface area contributed by atoms with Gasteiger partial charge in [-0.3, -0.25) is 4.79 Å². The minimum Gasteiger partial charge on any atom is -0.497 e. The molecule has 0 spiro atoms. The molecule has 0 N–H and O–H groups in total. The maximum Gasteiger partial charge on any atom is 0.272 e. The van der Waals surface area contributed by atoms with Crippen molar-refractivity contribution in [2.75, 3.05) is 13.7 Å². The molecule has 0 fully saturated rings. The van der Waals surface area contributed by atoms with Gasteiger partial charge in [-0.2, -0.15) is 5.10 Å². The zero-order chi connectivity index (χ0) is 21.4. The number of aromatic nitrogens is 2. The monoisotopic (exact) mass is 413 g/mol. The quantitative estimate of drug-likeness (QED) is 0.489. The molecule has 1 aliphatic heterocycles. The van der Waals surface area contributed by atoms with Gasteiger partial charge in [-0.15, -0.1) is 0 Å². The number of nitrogens with zero attached hydrogens (tertiary/aromatic N) is 3. The lowest BCUT2D eigenvalue weighted by atomic mass is 10.00. The van der Waals surface area contributed by atoms with E-state index in [2.05, 4.69) is 12.1 Å². The van der Waals surface area contributed by atoms with Gasteiger partial charge in [-0.25, -0.2) is 4.68 Å². The van der Waals surface area contributed by atoms with Gasteiger partial charge in [0.25, 0.3) is 5.91 Å². The topological polar surface area (TPSA) is 60.5 Å². The summed E-state index contributed by atoms with van der Waals surface area (Å²) in [6, 6.07) is 21.4. The molecule has 0 aliphatic carbocycles. The van der Waals surface area contributed by atoms with Crippen molar-refractivity contribution < 1.29 is 13.9 Å². The van der Waals surface area contributed by atoms with Crippen LogP contribution in [-0.2, 0) is 13.0 Å². The molecule has 5 rings (SSSR count). The molecule has 6 nitrogen and oxygen atoms in total. The van der Waals surface area contributed by atoms with E-state index in [0.29, 0.717) is 30.2 Å². The lowest BCUT2D eigenvalue weighted by Crippen LogP contribution is -2.37. The van der Waals surface area contributed by atoms with E-state index in [1.807, 2.05) is 66.4 Å². The summed E-state index contributed by atoms with van der Waals surface area (Å²) in [5, 5.41) is 4.71. The molecule has 2 aromatic heterocycles. The van der Waals surface area contributed by atoms with Gasteiger partial charge in [-0.1, -0.05) is 24.3 Å². The molecule has 2 aromatic carbocycles. The van der Waals surface area contributed by atoms with Crippen LogP contribution in [0.5, 0.6) is 5.75 Å². The Hall–Kier alpha value is -3.80. The van der Waals surface area contributed by atoms with Crippen molar-refractivity contribution in [2.24, 2.45) is 0 Å². The van der Waals surface area contributed by atoms with Gasteiger partial charge in [-0.05, 0) is 60.9 Å². The molecule has 0 radical (unpaired) electrons. The van der Waals surface area contributed by atoms with Gasteiger partial charge in [0.15, 0.2) is 5.76 Å². The van der Waals surface area contributed by atoms with Gasteiger partial charge < -0.3 is 14.1 Å². The first-order valence-electron chi connectivity index (χ1n) is 10.3. The Kier molecular flexibility index (Phi) is 4.82. The molecule has 0 saturated heterocycles. The van der Waals surface area contributed by atoms with Crippen LogP contribution in [0, 0.1) is 6.92 Å². The highest BCUT2D eigenvalue weighted by molar-refractivity contribution is 5.94. The van der Waals surface area contributed by atoms with Crippen LogP contribution >= 0.6 is 0 Å². The lowest BCUT2D eigenvalue weighted by Gasteiger charge is -2.29. The SMILES string of the molecule is COc1ccc(-n2nc(-c3ccc(C)o3)cc2C(=O)N2CCc3ccccc3C2)cc1. The molecule has 31 heavy (non-hydrogen) atoms. The minimum atomic E-state index is -0.0488. The number of methoxy groups -OCH3 is 1. The molecular formula is C25H23N3O3. The molecule has 0 bridgehead atoms. The summed E-state index contributed by atoms with van der Waals surface area (Å²) in [6.07, 6.45) is 0.850. The van der Waals surface area contributed by atoms with Crippen LogP contribution in [0.25, 0.3) is 17.1 Å². The smallest absolute Gasteiger partial charge is 0.272 e. The molecule has 0 unspecified atom stereocenters. The second kappa shape index (κ2) is 7.80. The average Bonchev–Trinajstić information content (AvgIpc) is 3.45. The van der Waals surface area contributed by atoms with Crippen molar-refractivity contribution in [3.05, 3.63) is 89.3 Å². The number of rotatable bonds is 4. The summed E-state index contributed by atoms with van der Waals surface area (Å²) in [5.41, 5.74) is 4.43. The second-order valence-electron chi connectivity index (χ2n) is 7.68. The number of carbonyl (C=O) groups is 1. The number of carbonyl (C=O) groups excluding carboxylic acids is 1. The average molecular weight is 413 g/mol. The largest absolute Gasteiger partial charge is 0.497 e. The number of ether oxygens (including phenoxy) is 1. The Labute approximate surface area is 180 Å². The molecule has 1 aliphatic rings. The third kappa shape index (κ3) is 3.61. The van der Waals surface area contributed by atoms with Crippen LogP contribution in [0.2, 0.25) is 0 Å². The van der Waals surface area contributed by atoms with Crippen LogP contribution in [-0.4, -0.2) is 34.2 Å². The van der Waals surface area contributed by atoms with Gasteiger partial charge in [0.1, 0.15) is 22.9 Å². The van der Waals surface area contributed by atoms with Crippen LogP contribution < -0.4 is 4.74 Å². The van der Waals surface area contributed by atoms with Crippen molar-refractivity contribution in [3.63, 3.8) is 0 Å². The highest BCUT2D eigenvalue weighted by atomic mass is 16.5. The number of hydrogen-bond acceptors (Lipinski definition) is 4. The van der Waals surface area contributed by atoms with Crippen LogP contribution in [0.15, 0.2) is 71.1 Å². The first-order chi connectivity index (χ1) is 15.1. The van der Waals surface area contributed by atoms with E-state index in [1.165, 1.54) is 11.1 Å². The Morgan fingerprint density at radius 2 is 1.81 bits per heavy atom. The highest BCUT2D eigenvalue weighted by Crippen LogP contribution is 2.27. The third-order valence-corrected chi connectivity index (χ3v) is 5.66. The summed E-state index contributed by atoms with van der Waals surface area (Å²) in [6.45, 7) is 3.16. The summed E-state index contributed by atoms with van der Waals surface area (Å²) in [7, 11) is 1.63. The van der Waals surface area contributed by atoms with E-state index >= 15 is 0 Å². The number of hydrogen-bond donors (Lipinski definition) is 0. The number of fused-ring (bicyclic) bond motifs is 1. The zero-order valence-corrected chi connectivity index (χ0v) is 17.5. The van der Waals surface area contributed by atoms with E-state index in [0.717, 1.165) is 23.6 Å². The maximum absolute atomic E-state index is 13.6. The third-order valence-electron chi connectivity index (χ3n) is 5.66. The molecule has 1 amide bonds. The van der Waals surface area contributed by atoms with Gasteiger partial charge in [0.05, 0.1) is 12.8 Å². The molecule has 156 valence electrons. The Balaban J connectivity index is 1.54. The molecule has 4 aromatic rings. The molecular weight excluding hydrogens is 390 g/mol. The summed E-state index contributed by atoms with van der Waals surface area (Å²) < 4.78 is 12.7. The first kappa shape index (κ1) is 19.2. The Morgan fingerprint density at radius 1 is 1.03 bits per heavy atom. The predicted molar refractivity (Wildman–Crippen MR) is 117 cm³/mol. The molecule has 3 heterocycles.